The summed E-state index contributed by atoms with van der Waals surface area (Å²) in [6.07, 6.45) is 2.72. The van der Waals surface area contributed by atoms with Gasteiger partial charge in [-0.25, -0.2) is 9.55 Å². The summed E-state index contributed by atoms with van der Waals surface area (Å²) in [7, 11) is 0. The van der Waals surface area contributed by atoms with E-state index >= 15 is 0 Å². The standard InChI is InChI=1S/C11H16N4O4/c1-8-12-7-10(15(18)19)14(8)6-5-13-4-2-3-9(13)11(16)17/h7,9H,2-6H2,1H3,(H,16,17). The summed E-state index contributed by atoms with van der Waals surface area (Å²) < 4.78 is 1.51. The number of carboxylic acid groups (broad SMARTS) is 1. The van der Waals surface area contributed by atoms with Gasteiger partial charge in [0.15, 0.2) is 5.82 Å². The number of nitrogens with zero attached hydrogens (tertiary/aromatic N) is 4. The van der Waals surface area contributed by atoms with E-state index in [1.165, 1.54) is 10.8 Å². The van der Waals surface area contributed by atoms with Crippen LogP contribution < -0.4 is 0 Å². The minimum Gasteiger partial charge on any atom is -0.480 e. The maximum absolute atomic E-state index is 11.0. The van der Waals surface area contributed by atoms with Gasteiger partial charge in [0.25, 0.3) is 0 Å². The predicted molar refractivity (Wildman–Crippen MR) is 65.8 cm³/mol. The number of likely N-dealkylation sites (tertiary alicyclic amines) is 1. The Morgan fingerprint density at radius 1 is 1.63 bits per heavy atom. The van der Waals surface area contributed by atoms with E-state index in [0.29, 0.717) is 25.3 Å². The first kappa shape index (κ1) is 13.5. The molecule has 8 heteroatoms. The molecule has 1 saturated heterocycles. The molecule has 0 aromatic carbocycles. The van der Waals surface area contributed by atoms with E-state index in [1.807, 2.05) is 4.90 Å². The van der Waals surface area contributed by atoms with E-state index in [1.54, 1.807) is 6.92 Å². The van der Waals surface area contributed by atoms with E-state index in [4.69, 9.17) is 5.11 Å². The second-order valence-electron chi connectivity index (χ2n) is 4.60. The summed E-state index contributed by atoms with van der Waals surface area (Å²) in [6.45, 7) is 3.28. The Bertz CT molecular complexity index is 499. The van der Waals surface area contributed by atoms with Gasteiger partial charge >= 0.3 is 11.8 Å². The van der Waals surface area contributed by atoms with Gasteiger partial charge in [0.2, 0.25) is 0 Å². The van der Waals surface area contributed by atoms with Crippen LogP contribution in [0.3, 0.4) is 0 Å². The second kappa shape index (κ2) is 5.35. The van der Waals surface area contributed by atoms with Crippen LogP contribution >= 0.6 is 0 Å². The van der Waals surface area contributed by atoms with Gasteiger partial charge in [-0.05, 0) is 24.3 Å². The number of aryl methyl sites for hydroxylation is 1. The highest BCUT2D eigenvalue weighted by molar-refractivity contribution is 5.73. The van der Waals surface area contributed by atoms with Crippen LogP contribution in [0.5, 0.6) is 0 Å². The van der Waals surface area contributed by atoms with Crippen molar-refractivity contribution in [3.05, 3.63) is 22.1 Å². The second-order valence-corrected chi connectivity index (χ2v) is 4.60. The number of carboxylic acids is 1. The van der Waals surface area contributed by atoms with Gasteiger partial charge in [-0.1, -0.05) is 0 Å². The van der Waals surface area contributed by atoms with E-state index in [-0.39, 0.29) is 5.82 Å². The number of imidazole rings is 1. The number of hydrogen-bond acceptors (Lipinski definition) is 5. The molecule has 1 fully saturated rings. The van der Waals surface area contributed by atoms with Gasteiger partial charge in [-0.15, -0.1) is 0 Å². The molecule has 104 valence electrons. The van der Waals surface area contributed by atoms with Crippen LogP contribution in [0.1, 0.15) is 18.7 Å². The molecular formula is C11H16N4O4. The Labute approximate surface area is 109 Å². The predicted octanol–water partition coefficient (Wildman–Crippen LogP) is 0.649. The van der Waals surface area contributed by atoms with Crippen molar-refractivity contribution in [1.29, 1.82) is 0 Å². The fourth-order valence-corrected chi connectivity index (χ4v) is 2.48. The molecule has 2 rings (SSSR count). The van der Waals surface area contributed by atoms with Crippen molar-refractivity contribution in [3.63, 3.8) is 0 Å². The summed E-state index contributed by atoms with van der Waals surface area (Å²) in [6, 6.07) is -0.470. The molecule has 19 heavy (non-hydrogen) atoms. The quantitative estimate of drug-likeness (QED) is 0.621. The van der Waals surface area contributed by atoms with Crippen LogP contribution in [0.15, 0.2) is 6.20 Å². The van der Waals surface area contributed by atoms with Crippen molar-refractivity contribution >= 4 is 11.8 Å². The molecular weight excluding hydrogens is 252 g/mol. The number of carbonyl (C=O) groups is 1. The van der Waals surface area contributed by atoms with Gasteiger partial charge in [-0.2, -0.15) is 0 Å². The van der Waals surface area contributed by atoms with Crippen LogP contribution in [0.25, 0.3) is 0 Å². The van der Waals surface area contributed by atoms with Crippen LogP contribution in [0.4, 0.5) is 5.82 Å². The van der Waals surface area contributed by atoms with Crippen molar-refractivity contribution in [3.8, 4) is 0 Å². The Morgan fingerprint density at radius 2 is 2.37 bits per heavy atom. The monoisotopic (exact) mass is 268 g/mol. The average Bonchev–Trinajstić information content (AvgIpc) is 2.92. The Kier molecular flexibility index (Phi) is 3.79. The number of aliphatic carboxylic acids is 1. The SMILES string of the molecule is Cc1ncc([N+](=O)[O-])n1CCN1CCCC1C(=O)O. The first-order valence-electron chi connectivity index (χ1n) is 6.14. The van der Waals surface area contributed by atoms with Crippen molar-refractivity contribution in [2.75, 3.05) is 13.1 Å². The summed E-state index contributed by atoms with van der Waals surface area (Å²) >= 11 is 0. The number of hydrogen-bond donors (Lipinski definition) is 1. The molecule has 1 aromatic rings. The van der Waals surface area contributed by atoms with Crippen molar-refractivity contribution in [2.24, 2.45) is 0 Å². The van der Waals surface area contributed by atoms with Crippen LogP contribution in [0, 0.1) is 17.0 Å². The molecule has 0 radical (unpaired) electrons. The summed E-state index contributed by atoms with van der Waals surface area (Å²) in [5, 5.41) is 19.9. The Hall–Kier alpha value is -1.96. The van der Waals surface area contributed by atoms with Gasteiger partial charge in [-0.3, -0.25) is 9.69 Å². The third kappa shape index (κ3) is 2.73. The fourth-order valence-electron chi connectivity index (χ4n) is 2.48. The summed E-state index contributed by atoms with van der Waals surface area (Å²) in [5.41, 5.74) is 0. The van der Waals surface area contributed by atoms with Gasteiger partial charge < -0.3 is 15.2 Å². The fraction of sp³-hybridized carbons (Fsp3) is 0.636. The number of rotatable bonds is 5. The molecule has 1 atom stereocenters. The highest BCUT2D eigenvalue weighted by Crippen LogP contribution is 2.19. The van der Waals surface area contributed by atoms with Crippen LogP contribution in [-0.2, 0) is 11.3 Å². The zero-order chi connectivity index (χ0) is 14.0. The smallest absolute Gasteiger partial charge is 0.342 e. The lowest BCUT2D eigenvalue weighted by atomic mass is 10.2. The van der Waals surface area contributed by atoms with E-state index in [9.17, 15) is 14.9 Å². The van der Waals surface area contributed by atoms with Gasteiger partial charge in [0.05, 0.1) is 0 Å². The topological polar surface area (TPSA) is 102 Å². The lowest BCUT2D eigenvalue weighted by Crippen LogP contribution is -2.38. The molecule has 0 bridgehead atoms. The zero-order valence-electron chi connectivity index (χ0n) is 10.7. The molecule has 1 aromatic heterocycles. The normalized spacial score (nSPS) is 19.7. The third-order valence-corrected chi connectivity index (χ3v) is 3.48. The molecule has 1 N–H and O–H groups in total. The van der Waals surface area contributed by atoms with E-state index < -0.39 is 16.9 Å². The van der Waals surface area contributed by atoms with E-state index in [2.05, 4.69) is 4.98 Å². The first-order chi connectivity index (χ1) is 9.00. The Balaban J connectivity index is 2.04. The van der Waals surface area contributed by atoms with Crippen LogP contribution in [0.2, 0.25) is 0 Å². The van der Waals surface area contributed by atoms with Crippen molar-refractivity contribution in [1.82, 2.24) is 14.5 Å². The third-order valence-electron chi connectivity index (χ3n) is 3.48. The van der Waals surface area contributed by atoms with E-state index in [0.717, 1.165) is 13.0 Å². The maximum atomic E-state index is 11.0. The van der Waals surface area contributed by atoms with Crippen LogP contribution in [-0.4, -0.2) is 49.6 Å². The van der Waals surface area contributed by atoms with Gasteiger partial charge in [0, 0.05) is 13.5 Å². The maximum Gasteiger partial charge on any atom is 0.342 e. The zero-order valence-corrected chi connectivity index (χ0v) is 10.7. The molecule has 1 unspecified atom stereocenters. The number of nitro groups is 1. The van der Waals surface area contributed by atoms with Crippen molar-refractivity contribution in [2.45, 2.75) is 32.4 Å². The highest BCUT2D eigenvalue weighted by Gasteiger charge is 2.31. The molecule has 1 aliphatic heterocycles. The van der Waals surface area contributed by atoms with Crippen molar-refractivity contribution < 1.29 is 14.8 Å². The highest BCUT2D eigenvalue weighted by atomic mass is 16.6. The lowest BCUT2D eigenvalue weighted by Gasteiger charge is -2.20. The molecule has 0 amide bonds. The molecule has 8 nitrogen and oxygen atoms in total. The molecule has 0 saturated carbocycles. The first-order valence-corrected chi connectivity index (χ1v) is 6.14. The average molecular weight is 268 g/mol. The molecule has 2 heterocycles. The summed E-state index contributed by atoms with van der Waals surface area (Å²) in [5.74, 6) is -0.310. The molecule has 0 aliphatic carbocycles. The summed E-state index contributed by atoms with van der Waals surface area (Å²) in [4.78, 5) is 27.2. The Morgan fingerprint density at radius 3 is 3.00 bits per heavy atom. The minimum absolute atomic E-state index is 0.0522. The van der Waals surface area contributed by atoms with Gasteiger partial charge in [0.1, 0.15) is 18.8 Å². The largest absolute Gasteiger partial charge is 0.480 e. The molecule has 0 spiro atoms. The lowest BCUT2D eigenvalue weighted by molar-refractivity contribution is -0.392. The number of aromatic nitrogens is 2. The minimum atomic E-state index is -0.825. The molecule has 1 aliphatic rings.